The van der Waals surface area contributed by atoms with Crippen LogP contribution in [0.3, 0.4) is 0 Å². The number of thioether (sulfide) groups is 1. The molecular formula is C24H23FN2O3S. The molecule has 0 bridgehead atoms. The molecule has 0 aliphatic rings. The quantitative estimate of drug-likeness (QED) is 0.450. The number of hydrogen-bond donors (Lipinski definition) is 2. The Morgan fingerprint density at radius 2 is 1.77 bits per heavy atom. The highest BCUT2D eigenvalue weighted by Crippen LogP contribution is 2.29. The lowest BCUT2D eigenvalue weighted by Crippen LogP contribution is -2.25. The van der Waals surface area contributed by atoms with Crippen molar-refractivity contribution < 1.29 is 18.7 Å². The van der Waals surface area contributed by atoms with Crippen LogP contribution < -0.4 is 15.4 Å². The Morgan fingerprint density at radius 3 is 2.52 bits per heavy atom. The zero-order valence-electron chi connectivity index (χ0n) is 17.2. The zero-order valence-corrected chi connectivity index (χ0v) is 18.0. The molecule has 0 saturated heterocycles. The van der Waals surface area contributed by atoms with Crippen LogP contribution in [0.15, 0.2) is 77.7 Å². The van der Waals surface area contributed by atoms with E-state index < -0.39 is 11.1 Å². The van der Waals surface area contributed by atoms with E-state index in [9.17, 15) is 14.0 Å². The van der Waals surface area contributed by atoms with Gasteiger partial charge in [-0.1, -0.05) is 31.2 Å². The molecule has 3 aromatic rings. The van der Waals surface area contributed by atoms with Crippen LogP contribution >= 0.6 is 11.8 Å². The third-order valence-electron chi connectivity index (χ3n) is 4.50. The minimum Gasteiger partial charge on any atom is -0.497 e. The van der Waals surface area contributed by atoms with E-state index in [0.29, 0.717) is 23.4 Å². The molecule has 0 aromatic heterocycles. The number of rotatable bonds is 8. The maximum Gasteiger partial charge on any atom is 0.255 e. The number of anilines is 2. The van der Waals surface area contributed by atoms with Crippen molar-refractivity contribution in [1.29, 1.82) is 0 Å². The van der Waals surface area contributed by atoms with Crippen molar-refractivity contribution in [3.05, 3.63) is 84.2 Å². The number of ether oxygens (including phenoxy) is 1. The molecule has 160 valence electrons. The summed E-state index contributed by atoms with van der Waals surface area (Å²) in [7, 11) is 1.55. The predicted octanol–water partition coefficient (Wildman–Crippen LogP) is 5.60. The van der Waals surface area contributed by atoms with Crippen molar-refractivity contribution in [2.45, 2.75) is 23.5 Å². The first-order valence-corrected chi connectivity index (χ1v) is 10.7. The van der Waals surface area contributed by atoms with E-state index in [-0.39, 0.29) is 17.5 Å². The molecule has 2 N–H and O–H groups in total. The lowest BCUT2D eigenvalue weighted by Gasteiger charge is -2.16. The first-order chi connectivity index (χ1) is 15.0. The molecule has 0 spiro atoms. The number of amides is 2. The summed E-state index contributed by atoms with van der Waals surface area (Å²) in [5.41, 5.74) is 1.25. The van der Waals surface area contributed by atoms with E-state index >= 15 is 0 Å². The van der Waals surface area contributed by atoms with E-state index in [4.69, 9.17) is 4.74 Å². The maximum atomic E-state index is 13.8. The van der Waals surface area contributed by atoms with Gasteiger partial charge in [-0.3, -0.25) is 9.59 Å². The standard InChI is InChI=1S/C24H23FN2O3S/c1-3-22(24(29)27-21-13-5-4-12-20(21)25)31-19-11-7-9-17(15-19)26-23(28)16-8-6-10-18(14-16)30-2/h4-15,22H,3H2,1-2H3,(H,26,28)(H,27,29). The van der Waals surface area contributed by atoms with Crippen molar-refractivity contribution >= 4 is 35.0 Å². The Labute approximate surface area is 185 Å². The molecular weight excluding hydrogens is 415 g/mol. The number of halogens is 1. The van der Waals surface area contributed by atoms with Gasteiger partial charge in [0.1, 0.15) is 11.6 Å². The van der Waals surface area contributed by atoms with Gasteiger partial charge in [0.25, 0.3) is 5.91 Å². The lowest BCUT2D eigenvalue weighted by molar-refractivity contribution is -0.115. The third-order valence-corrected chi connectivity index (χ3v) is 5.86. The van der Waals surface area contributed by atoms with Crippen LogP contribution in [0.2, 0.25) is 0 Å². The highest BCUT2D eigenvalue weighted by atomic mass is 32.2. The van der Waals surface area contributed by atoms with Gasteiger partial charge in [-0.05, 0) is 55.0 Å². The number of carbonyl (C=O) groups excluding carboxylic acids is 2. The molecule has 2 amide bonds. The summed E-state index contributed by atoms with van der Waals surface area (Å²) in [4.78, 5) is 26.0. The summed E-state index contributed by atoms with van der Waals surface area (Å²) in [5, 5.41) is 5.09. The average Bonchev–Trinajstić information content (AvgIpc) is 2.79. The topological polar surface area (TPSA) is 67.4 Å². The predicted molar refractivity (Wildman–Crippen MR) is 122 cm³/mol. The molecule has 7 heteroatoms. The van der Waals surface area contributed by atoms with Crippen LogP contribution in [0.1, 0.15) is 23.7 Å². The minimum atomic E-state index is -0.474. The van der Waals surface area contributed by atoms with E-state index in [1.165, 1.54) is 23.9 Å². The first kappa shape index (κ1) is 22.4. The third kappa shape index (κ3) is 6.08. The second-order valence-electron chi connectivity index (χ2n) is 6.70. The van der Waals surface area contributed by atoms with Gasteiger partial charge in [-0.25, -0.2) is 4.39 Å². The van der Waals surface area contributed by atoms with Crippen LogP contribution in [-0.4, -0.2) is 24.2 Å². The Morgan fingerprint density at radius 1 is 1.00 bits per heavy atom. The van der Waals surface area contributed by atoms with Crippen LogP contribution in [0.4, 0.5) is 15.8 Å². The van der Waals surface area contributed by atoms with Gasteiger partial charge in [-0.2, -0.15) is 0 Å². The smallest absolute Gasteiger partial charge is 0.255 e. The summed E-state index contributed by atoms with van der Waals surface area (Å²) in [5.74, 6) is -0.407. The van der Waals surface area contributed by atoms with Gasteiger partial charge < -0.3 is 15.4 Å². The number of hydrogen-bond acceptors (Lipinski definition) is 4. The first-order valence-electron chi connectivity index (χ1n) is 9.77. The van der Waals surface area contributed by atoms with Gasteiger partial charge in [-0.15, -0.1) is 11.8 Å². The number of methoxy groups -OCH3 is 1. The van der Waals surface area contributed by atoms with Crippen molar-refractivity contribution in [1.82, 2.24) is 0 Å². The van der Waals surface area contributed by atoms with Crippen LogP contribution in [0.25, 0.3) is 0 Å². The van der Waals surface area contributed by atoms with Gasteiger partial charge >= 0.3 is 0 Å². The van der Waals surface area contributed by atoms with Crippen molar-refractivity contribution in [2.24, 2.45) is 0 Å². The van der Waals surface area contributed by atoms with Gasteiger partial charge in [0.2, 0.25) is 5.91 Å². The molecule has 31 heavy (non-hydrogen) atoms. The monoisotopic (exact) mass is 438 g/mol. The fourth-order valence-electron chi connectivity index (χ4n) is 2.88. The summed E-state index contributed by atoms with van der Waals surface area (Å²) in [6, 6.07) is 20.2. The molecule has 1 unspecified atom stereocenters. The Balaban J connectivity index is 1.67. The molecule has 0 fully saturated rings. The fourth-order valence-corrected chi connectivity index (χ4v) is 3.89. The molecule has 0 saturated carbocycles. The van der Waals surface area contributed by atoms with Gasteiger partial charge in [0.05, 0.1) is 18.0 Å². The lowest BCUT2D eigenvalue weighted by atomic mass is 10.2. The normalized spacial score (nSPS) is 11.5. The number of carbonyl (C=O) groups is 2. The summed E-state index contributed by atoms with van der Waals surface area (Å²) < 4.78 is 19.0. The Hall–Kier alpha value is -3.32. The van der Waals surface area contributed by atoms with Crippen LogP contribution in [-0.2, 0) is 4.79 Å². The van der Waals surface area contributed by atoms with Crippen LogP contribution in [0.5, 0.6) is 5.75 Å². The van der Waals surface area contributed by atoms with E-state index in [0.717, 1.165) is 4.90 Å². The molecule has 3 aromatic carbocycles. The molecule has 1 atom stereocenters. The van der Waals surface area contributed by atoms with Gasteiger partial charge in [0, 0.05) is 16.1 Å². The summed E-state index contributed by atoms with van der Waals surface area (Å²) >= 11 is 1.36. The number of nitrogens with one attached hydrogen (secondary N) is 2. The van der Waals surface area contributed by atoms with E-state index in [1.54, 1.807) is 49.6 Å². The highest BCUT2D eigenvalue weighted by molar-refractivity contribution is 8.00. The molecule has 0 heterocycles. The molecule has 3 rings (SSSR count). The van der Waals surface area contributed by atoms with Crippen molar-refractivity contribution in [3.8, 4) is 5.75 Å². The zero-order chi connectivity index (χ0) is 22.2. The molecule has 0 aliphatic carbocycles. The highest BCUT2D eigenvalue weighted by Gasteiger charge is 2.19. The average molecular weight is 439 g/mol. The minimum absolute atomic E-state index is 0.158. The molecule has 0 radical (unpaired) electrons. The van der Waals surface area contributed by atoms with Crippen molar-refractivity contribution in [2.75, 3.05) is 17.7 Å². The summed E-state index contributed by atoms with van der Waals surface area (Å²) in [6.07, 6.45) is 0.561. The largest absolute Gasteiger partial charge is 0.497 e. The summed E-state index contributed by atoms with van der Waals surface area (Å²) in [6.45, 7) is 1.90. The maximum absolute atomic E-state index is 13.8. The Kier molecular flexibility index (Phi) is 7.67. The van der Waals surface area contributed by atoms with Crippen LogP contribution in [0, 0.1) is 5.82 Å². The van der Waals surface area contributed by atoms with Crippen molar-refractivity contribution in [3.63, 3.8) is 0 Å². The van der Waals surface area contributed by atoms with E-state index in [1.807, 2.05) is 25.1 Å². The molecule has 5 nitrogen and oxygen atoms in total. The number of benzene rings is 3. The van der Waals surface area contributed by atoms with E-state index in [2.05, 4.69) is 10.6 Å². The number of para-hydroxylation sites is 1. The second-order valence-corrected chi connectivity index (χ2v) is 7.97. The second kappa shape index (κ2) is 10.6. The SMILES string of the molecule is CCC(Sc1cccc(NC(=O)c2cccc(OC)c2)c1)C(=O)Nc1ccccc1F. The van der Waals surface area contributed by atoms with Gasteiger partial charge in [0.15, 0.2) is 0 Å². The molecule has 0 aliphatic heterocycles. The fraction of sp³-hybridized carbons (Fsp3) is 0.167. The Bertz CT molecular complexity index is 1070.